The smallest absolute Gasteiger partial charge is 0.475 e. The molecule has 1 unspecified atom stereocenters. The van der Waals surface area contributed by atoms with Crippen LogP contribution in [0.1, 0.15) is 16.8 Å². The van der Waals surface area contributed by atoms with E-state index in [1.165, 1.54) is 18.3 Å². The maximum absolute atomic E-state index is 13.7. The van der Waals surface area contributed by atoms with Crippen LogP contribution >= 0.6 is 0 Å². The summed E-state index contributed by atoms with van der Waals surface area (Å²) in [4.78, 5) is 34.1. The molecule has 1 fully saturated rings. The minimum absolute atomic E-state index is 0.0967. The number of benzene rings is 1. The summed E-state index contributed by atoms with van der Waals surface area (Å²) in [6.07, 6.45) is 2.52. The fourth-order valence-corrected chi connectivity index (χ4v) is 3.51. The molecule has 0 bridgehead atoms. The fraction of sp³-hybridized carbons (Fsp3) is 0.273. The van der Waals surface area contributed by atoms with Gasteiger partial charge in [0.25, 0.3) is 5.91 Å². The topological polar surface area (TPSA) is 86.6 Å². The predicted octanol–water partition coefficient (Wildman–Crippen LogP) is 3.75. The molecule has 1 saturated heterocycles. The van der Waals surface area contributed by atoms with E-state index in [4.69, 9.17) is 9.90 Å². The first-order valence-corrected chi connectivity index (χ1v) is 9.83. The molecular formula is C22H20F4N4O3. The highest BCUT2D eigenvalue weighted by molar-refractivity contribution is 6.06. The van der Waals surface area contributed by atoms with E-state index in [9.17, 15) is 22.4 Å². The molecule has 7 nitrogen and oxygen atoms in total. The van der Waals surface area contributed by atoms with Crippen molar-refractivity contribution in [3.05, 3.63) is 66.5 Å². The molecule has 0 aliphatic carbocycles. The Balaban J connectivity index is 0.000000383. The van der Waals surface area contributed by atoms with E-state index in [0.29, 0.717) is 10.9 Å². The number of pyridine rings is 2. The first kappa shape index (κ1) is 23.9. The molecule has 1 aliphatic heterocycles. The molecule has 1 amide bonds. The van der Waals surface area contributed by atoms with E-state index in [1.54, 1.807) is 36.6 Å². The monoisotopic (exact) mass is 464 g/mol. The van der Waals surface area contributed by atoms with Crippen LogP contribution in [0.15, 0.2) is 55.1 Å². The normalized spacial score (nSPS) is 15.7. The second-order valence-corrected chi connectivity index (χ2v) is 7.37. The highest BCUT2D eigenvalue weighted by Crippen LogP contribution is 2.25. The van der Waals surface area contributed by atoms with Crippen molar-refractivity contribution in [2.45, 2.75) is 18.6 Å². The van der Waals surface area contributed by atoms with E-state index < -0.39 is 12.1 Å². The number of carboxylic acid groups (broad SMARTS) is 1. The molecule has 1 N–H and O–H groups in total. The summed E-state index contributed by atoms with van der Waals surface area (Å²) in [5.74, 6) is -3.24. The van der Waals surface area contributed by atoms with Gasteiger partial charge in [0.2, 0.25) is 0 Å². The zero-order valence-electron chi connectivity index (χ0n) is 17.5. The Kier molecular flexibility index (Phi) is 7.10. The summed E-state index contributed by atoms with van der Waals surface area (Å²) in [6, 6.07) is 8.47. The van der Waals surface area contributed by atoms with Gasteiger partial charge in [0.05, 0.1) is 11.6 Å². The molecule has 1 aromatic carbocycles. The summed E-state index contributed by atoms with van der Waals surface area (Å²) in [7, 11) is 1.81. The maximum atomic E-state index is 13.7. The van der Waals surface area contributed by atoms with Gasteiger partial charge >= 0.3 is 12.1 Å². The molecule has 0 saturated carbocycles. The number of halogens is 4. The van der Waals surface area contributed by atoms with Gasteiger partial charge in [0.15, 0.2) is 0 Å². The molecular weight excluding hydrogens is 444 g/mol. The van der Waals surface area contributed by atoms with Crippen LogP contribution in [0.5, 0.6) is 0 Å². The maximum Gasteiger partial charge on any atom is 0.490 e. The van der Waals surface area contributed by atoms with Crippen molar-refractivity contribution >= 4 is 28.3 Å². The lowest BCUT2D eigenvalue weighted by Crippen LogP contribution is -2.39. The Morgan fingerprint density at radius 3 is 2.42 bits per heavy atom. The highest BCUT2D eigenvalue weighted by Gasteiger charge is 2.38. The number of anilines is 1. The van der Waals surface area contributed by atoms with Crippen LogP contribution in [0.3, 0.4) is 0 Å². The predicted molar refractivity (Wildman–Crippen MR) is 112 cm³/mol. The number of aromatic nitrogens is 2. The zero-order chi connectivity index (χ0) is 24.2. The van der Waals surface area contributed by atoms with Gasteiger partial charge in [0.1, 0.15) is 5.82 Å². The van der Waals surface area contributed by atoms with Gasteiger partial charge in [0, 0.05) is 61.4 Å². The number of rotatable bonds is 3. The molecule has 3 heterocycles. The van der Waals surface area contributed by atoms with Crippen molar-refractivity contribution in [3.63, 3.8) is 0 Å². The second kappa shape index (κ2) is 9.80. The van der Waals surface area contributed by atoms with Gasteiger partial charge in [-0.25, -0.2) is 9.18 Å². The molecule has 3 aromatic rings. The molecule has 174 valence electrons. The number of carboxylic acids is 1. The minimum Gasteiger partial charge on any atom is -0.475 e. The van der Waals surface area contributed by atoms with Crippen LogP contribution in [0.2, 0.25) is 0 Å². The number of hydrogen-bond donors (Lipinski definition) is 1. The molecule has 33 heavy (non-hydrogen) atoms. The summed E-state index contributed by atoms with van der Waals surface area (Å²) < 4.78 is 45.4. The lowest BCUT2D eigenvalue weighted by molar-refractivity contribution is -0.192. The molecule has 0 spiro atoms. The Morgan fingerprint density at radius 2 is 1.79 bits per heavy atom. The molecule has 0 radical (unpaired) electrons. The van der Waals surface area contributed by atoms with Gasteiger partial charge < -0.3 is 14.9 Å². The number of likely N-dealkylation sites (N-methyl/N-ethyl adjacent to an activating group) is 1. The number of hydrogen-bond acceptors (Lipinski definition) is 5. The molecule has 4 rings (SSSR count). The Morgan fingerprint density at radius 1 is 1.12 bits per heavy atom. The average Bonchev–Trinajstić information content (AvgIpc) is 3.28. The third-order valence-electron chi connectivity index (χ3n) is 5.25. The third kappa shape index (κ3) is 5.73. The first-order valence-electron chi connectivity index (χ1n) is 9.83. The van der Waals surface area contributed by atoms with Crippen LogP contribution in [-0.2, 0) is 4.79 Å². The van der Waals surface area contributed by atoms with Crippen LogP contribution in [0.25, 0.3) is 10.8 Å². The van der Waals surface area contributed by atoms with Crippen LogP contribution in [-0.4, -0.2) is 64.2 Å². The number of nitrogens with zero attached hydrogens (tertiary/aromatic N) is 4. The van der Waals surface area contributed by atoms with Gasteiger partial charge in [-0.3, -0.25) is 14.8 Å². The van der Waals surface area contributed by atoms with Crippen LogP contribution in [0, 0.1) is 5.82 Å². The van der Waals surface area contributed by atoms with Crippen molar-refractivity contribution in [3.8, 4) is 0 Å². The van der Waals surface area contributed by atoms with E-state index in [-0.39, 0.29) is 17.8 Å². The number of carbonyl (C=O) groups excluding carboxylic acids is 1. The molecule has 11 heteroatoms. The van der Waals surface area contributed by atoms with E-state index in [1.807, 2.05) is 12.1 Å². The Labute approximate surface area is 186 Å². The lowest BCUT2D eigenvalue weighted by Gasteiger charge is -2.26. The van der Waals surface area contributed by atoms with Gasteiger partial charge in [-0.15, -0.1) is 0 Å². The summed E-state index contributed by atoms with van der Waals surface area (Å²) >= 11 is 0. The quantitative estimate of drug-likeness (QED) is 0.595. The standard InChI is InChI=1S/C20H19FN4O.C2HF3O2/c1-24(17-6-9-25(13-17)16-4-7-22-8-5-16)20(26)19-12-23-11-14-2-3-15(21)10-18(14)19;3-2(4,5)1(6)7/h2-5,7-8,10-12,17H,6,9,13H2,1H3;(H,6,7). The van der Waals surface area contributed by atoms with Crippen molar-refractivity contribution in [1.29, 1.82) is 0 Å². The fourth-order valence-electron chi connectivity index (χ4n) is 3.51. The van der Waals surface area contributed by atoms with Crippen molar-refractivity contribution in [1.82, 2.24) is 14.9 Å². The number of alkyl halides is 3. The third-order valence-corrected chi connectivity index (χ3v) is 5.25. The van der Waals surface area contributed by atoms with Crippen LogP contribution in [0.4, 0.5) is 23.2 Å². The van der Waals surface area contributed by atoms with E-state index in [2.05, 4.69) is 14.9 Å². The molecule has 1 atom stereocenters. The van der Waals surface area contributed by atoms with E-state index in [0.717, 1.165) is 30.6 Å². The van der Waals surface area contributed by atoms with Gasteiger partial charge in [-0.2, -0.15) is 13.2 Å². The van der Waals surface area contributed by atoms with Gasteiger partial charge in [-0.1, -0.05) is 0 Å². The Bertz CT molecular complexity index is 1140. The summed E-state index contributed by atoms with van der Waals surface area (Å²) in [5.41, 5.74) is 1.55. The highest BCUT2D eigenvalue weighted by atomic mass is 19.4. The Hall–Kier alpha value is -3.76. The second-order valence-electron chi connectivity index (χ2n) is 7.37. The minimum atomic E-state index is -5.08. The SMILES string of the molecule is CN(C(=O)c1cncc2ccc(F)cc12)C1CCN(c2ccncc2)C1.O=C(O)C(F)(F)F. The summed E-state index contributed by atoms with van der Waals surface area (Å²) in [5, 5.41) is 8.48. The van der Waals surface area contributed by atoms with E-state index >= 15 is 0 Å². The first-order chi connectivity index (χ1) is 15.6. The average molecular weight is 464 g/mol. The summed E-state index contributed by atoms with van der Waals surface area (Å²) in [6.45, 7) is 1.65. The van der Waals surface area contributed by atoms with Crippen LogP contribution < -0.4 is 4.90 Å². The number of carbonyl (C=O) groups is 2. The molecule has 1 aliphatic rings. The van der Waals surface area contributed by atoms with Crippen molar-refractivity contribution in [2.24, 2.45) is 0 Å². The molecule has 2 aromatic heterocycles. The lowest BCUT2D eigenvalue weighted by atomic mass is 10.1. The zero-order valence-corrected chi connectivity index (χ0v) is 17.5. The largest absolute Gasteiger partial charge is 0.490 e. The number of amides is 1. The van der Waals surface area contributed by atoms with Gasteiger partial charge in [-0.05, 0) is 36.8 Å². The van der Waals surface area contributed by atoms with Crippen molar-refractivity contribution in [2.75, 3.05) is 25.0 Å². The number of fused-ring (bicyclic) bond motifs is 1. The van der Waals surface area contributed by atoms with Crippen molar-refractivity contribution < 1.29 is 32.3 Å². The number of aliphatic carboxylic acids is 1.